The van der Waals surface area contributed by atoms with Crippen molar-refractivity contribution in [3.8, 4) is 17.4 Å². The molecule has 1 N–H and O–H groups in total. The van der Waals surface area contributed by atoms with Gasteiger partial charge in [-0.15, -0.1) is 0 Å². The van der Waals surface area contributed by atoms with Crippen LogP contribution in [0, 0.1) is 0 Å². The van der Waals surface area contributed by atoms with E-state index in [2.05, 4.69) is 15.5 Å². The van der Waals surface area contributed by atoms with E-state index >= 15 is 0 Å². The third-order valence-corrected chi connectivity index (χ3v) is 2.38. The summed E-state index contributed by atoms with van der Waals surface area (Å²) in [6.45, 7) is 0. The summed E-state index contributed by atoms with van der Waals surface area (Å²) in [6.07, 6.45) is 3.64. The average Bonchev–Trinajstić information content (AvgIpc) is 2.50. The van der Waals surface area contributed by atoms with E-state index < -0.39 is 0 Å². The Morgan fingerprint density at radius 2 is 2.15 bits per heavy atom. The Labute approximate surface area is 116 Å². The van der Waals surface area contributed by atoms with Crippen LogP contribution in [0.3, 0.4) is 0 Å². The van der Waals surface area contributed by atoms with Crippen LogP contribution in [0.5, 0.6) is 17.4 Å². The van der Waals surface area contributed by atoms with Gasteiger partial charge in [0.05, 0.1) is 13.3 Å². The van der Waals surface area contributed by atoms with Gasteiger partial charge in [0.15, 0.2) is 11.5 Å². The molecule has 6 nitrogen and oxygen atoms in total. The van der Waals surface area contributed by atoms with Crippen LogP contribution in [0.4, 0.5) is 0 Å². The van der Waals surface area contributed by atoms with Crippen LogP contribution >= 0.6 is 0 Å². The number of benzene rings is 1. The molecule has 2 rings (SSSR count). The summed E-state index contributed by atoms with van der Waals surface area (Å²) in [5.74, 6) is 1.58. The first-order valence-corrected chi connectivity index (χ1v) is 5.82. The molecule has 0 bridgehead atoms. The van der Waals surface area contributed by atoms with Crippen LogP contribution in [0.15, 0.2) is 47.7 Å². The van der Waals surface area contributed by atoms with Gasteiger partial charge in [-0.2, -0.15) is 5.10 Å². The maximum absolute atomic E-state index is 10.1. The lowest BCUT2D eigenvalue weighted by atomic mass is 10.2. The van der Waals surface area contributed by atoms with Crippen LogP contribution in [0.2, 0.25) is 0 Å². The Hall–Kier alpha value is -2.89. The molecule has 0 unspecified atom stereocenters. The number of methoxy groups -OCH3 is 1. The second kappa shape index (κ2) is 6.89. The summed E-state index contributed by atoms with van der Waals surface area (Å²) >= 11 is 0. The fraction of sp³-hybridized carbons (Fsp3) is 0.0714. The summed E-state index contributed by atoms with van der Waals surface area (Å²) in [5, 5.41) is 3.70. The Morgan fingerprint density at radius 1 is 1.25 bits per heavy atom. The number of hydrogen-bond acceptors (Lipinski definition) is 5. The number of ether oxygens (including phenoxy) is 2. The maximum atomic E-state index is 10.1. The summed E-state index contributed by atoms with van der Waals surface area (Å²) in [5.41, 5.74) is 2.96. The van der Waals surface area contributed by atoms with Crippen molar-refractivity contribution in [2.75, 3.05) is 7.11 Å². The van der Waals surface area contributed by atoms with Crippen molar-refractivity contribution in [1.29, 1.82) is 0 Å². The van der Waals surface area contributed by atoms with Crippen molar-refractivity contribution >= 4 is 12.6 Å². The van der Waals surface area contributed by atoms with Gasteiger partial charge in [0.2, 0.25) is 12.3 Å². The zero-order valence-corrected chi connectivity index (χ0v) is 10.8. The van der Waals surface area contributed by atoms with Crippen LogP contribution in [0.25, 0.3) is 0 Å². The van der Waals surface area contributed by atoms with Gasteiger partial charge >= 0.3 is 0 Å². The Balaban J connectivity index is 2.19. The molecule has 0 saturated heterocycles. The molecule has 0 saturated carbocycles. The largest absolute Gasteiger partial charge is 0.493 e. The van der Waals surface area contributed by atoms with E-state index in [1.54, 1.807) is 37.6 Å². The molecule has 0 fully saturated rings. The van der Waals surface area contributed by atoms with Crippen molar-refractivity contribution in [2.45, 2.75) is 0 Å². The molecular formula is C14H13N3O3. The van der Waals surface area contributed by atoms with Gasteiger partial charge in [-0.05, 0) is 29.8 Å². The number of nitrogens with one attached hydrogen (secondary N) is 1. The quantitative estimate of drug-likeness (QED) is 0.495. The Kier molecular flexibility index (Phi) is 4.66. The molecule has 0 spiro atoms. The number of carbonyl (C=O) groups excluding carboxylic acids is 1. The second-order valence-corrected chi connectivity index (χ2v) is 3.69. The first-order chi connectivity index (χ1) is 9.83. The van der Waals surface area contributed by atoms with Gasteiger partial charge in [-0.25, -0.2) is 10.4 Å². The highest BCUT2D eigenvalue weighted by Gasteiger charge is 2.06. The fourth-order valence-corrected chi connectivity index (χ4v) is 1.51. The smallest absolute Gasteiger partial charge is 0.227 e. The topological polar surface area (TPSA) is 72.8 Å². The van der Waals surface area contributed by atoms with Crippen molar-refractivity contribution < 1.29 is 14.3 Å². The zero-order valence-electron chi connectivity index (χ0n) is 10.8. The van der Waals surface area contributed by atoms with E-state index in [1.165, 1.54) is 6.21 Å². The van der Waals surface area contributed by atoms with Crippen LogP contribution in [-0.2, 0) is 4.79 Å². The van der Waals surface area contributed by atoms with Crippen molar-refractivity contribution in [2.24, 2.45) is 5.10 Å². The molecule has 0 atom stereocenters. The predicted molar refractivity (Wildman–Crippen MR) is 74.1 cm³/mol. The summed E-state index contributed by atoms with van der Waals surface area (Å²) in [4.78, 5) is 14.2. The van der Waals surface area contributed by atoms with Crippen LogP contribution in [0.1, 0.15) is 5.56 Å². The van der Waals surface area contributed by atoms with E-state index in [1.807, 2.05) is 12.1 Å². The van der Waals surface area contributed by atoms with Crippen LogP contribution in [-0.4, -0.2) is 24.7 Å². The second-order valence-electron chi connectivity index (χ2n) is 3.69. The molecule has 6 heteroatoms. The highest BCUT2D eigenvalue weighted by atomic mass is 16.5. The Bertz CT molecular complexity index is 600. The number of aromatic nitrogens is 1. The monoisotopic (exact) mass is 271 g/mol. The number of nitrogens with zero attached hydrogens (tertiary/aromatic N) is 2. The SMILES string of the molecule is COc1cc(C=NNC=O)ccc1Oc1ccccn1. The molecule has 20 heavy (non-hydrogen) atoms. The summed E-state index contributed by atoms with van der Waals surface area (Å²) in [6, 6.07) is 10.7. The third kappa shape index (κ3) is 3.55. The first kappa shape index (κ1) is 13.5. The van der Waals surface area contributed by atoms with Gasteiger partial charge in [-0.1, -0.05) is 6.07 Å². The average molecular weight is 271 g/mol. The molecule has 0 aliphatic rings. The van der Waals surface area contributed by atoms with Gasteiger partial charge in [-0.3, -0.25) is 4.79 Å². The van der Waals surface area contributed by atoms with Gasteiger partial charge in [0.1, 0.15) is 0 Å². The lowest BCUT2D eigenvalue weighted by Crippen LogP contribution is -2.00. The molecule has 0 aliphatic carbocycles. The van der Waals surface area contributed by atoms with Gasteiger partial charge in [0.25, 0.3) is 0 Å². The predicted octanol–water partition coefficient (Wildman–Crippen LogP) is 1.96. The van der Waals surface area contributed by atoms with Gasteiger partial charge < -0.3 is 9.47 Å². The fourth-order valence-electron chi connectivity index (χ4n) is 1.51. The molecule has 0 radical (unpaired) electrons. The lowest BCUT2D eigenvalue weighted by Gasteiger charge is -2.09. The molecular weight excluding hydrogens is 258 g/mol. The minimum atomic E-state index is 0.481. The molecule has 2 aromatic rings. The number of amides is 1. The van der Waals surface area contributed by atoms with Crippen molar-refractivity contribution in [3.63, 3.8) is 0 Å². The van der Waals surface area contributed by atoms with E-state index in [4.69, 9.17) is 9.47 Å². The van der Waals surface area contributed by atoms with Crippen LogP contribution < -0.4 is 14.9 Å². The highest BCUT2D eigenvalue weighted by molar-refractivity contribution is 5.81. The minimum Gasteiger partial charge on any atom is -0.493 e. The molecule has 1 aromatic carbocycles. The van der Waals surface area contributed by atoms with E-state index in [0.29, 0.717) is 23.8 Å². The van der Waals surface area contributed by atoms with Gasteiger partial charge in [0, 0.05) is 12.3 Å². The van der Waals surface area contributed by atoms with E-state index in [-0.39, 0.29) is 0 Å². The number of rotatable bonds is 6. The molecule has 102 valence electrons. The molecule has 0 aliphatic heterocycles. The van der Waals surface area contributed by atoms with E-state index in [0.717, 1.165) is 5.56 Å². The highest BCUT2D eigenvalue weighted by Crippen LogP contribution is 2.30. The number of hydrogen-bond donors (Lipinski definition) is 1. The number of hydrazone groups is 1. The van der Waals surface area contributed by atoms with E-state index in [9.17, 15) is 4.79 Å². The first-order valence-electron chi connectivity index (χ1n) is 5.82. The minimum absolute atomic E-state index is 0.481. The number of carbonyl (C=O) groups is 1. The van der Waals surface area contributed by atoms with Crippen molar-refractivity contribution in [1.82, 2.24) is 10.4 Å². The van der Waals surface area contributed by atoms with Crippen molar-refractivity contribution in [3.05, 3.63) is 48.2 Å². The summed E-state index contributed by atoms with van der Waals surface area (Å²) < 4.78 is 10.9. The molecule has 1 heterocycles. The standard InChI is InChI=1S/C14H13N3O3/c1-19-13-8-11(9-16-17-10-18)5-6-12(13)20-14-4-2-3-7-15-14/h2-10H,1H3,(H,17,18). The maximum Gasteiger partial charge on any atom is 0.227 e. The third-order valence-electron chi connectivity index (χ3n) is 2.38. The lowest BCUT2D eigenvalue weighted by molar-refractivity contribution is -0.109. The normalized spacial score (nSPS) is 10.2. The zero-order chi connectivity index (χ0) is 14.2. The molecule has 1 aromatic heterocycles. The number of pyridine rings is 1. The Morgan fingerprint density at radius 3 is 2.85 bits per heavy atom. The molecule has 1 amide bonds. The summed E-state index contributed by atoms with van der Waals surface area (Å²) in [7, 11) is 1.55.